The predicted octanol–water partition coefficient (Wildman–Crippen LogP) is 2.68. The summed E-state index contributed by atoms with van der Waals surface area (Å²) in [6, 6.07) is 8.37. The van der Waals surface area contributed by atoms with Gasteiger partial charge in [-0.25, -0.2) is 9.18 Å². The maximum atomic E-state index is 14.6. The van der Waals surface area contributed by atoms with Crippen LogP contribution < -0.4 is 0 Å². The molecule has 1 aromatic carbocycles. The number of methoxy groups -OCH3 is 1. The average Bonchev–Trinajstić information content (AvgIpc) is 2.27. The van der Waals surface area contributed by atoms with Gasteiger partial charge in [-0.05, 0) is 0 Å². The van der Waals surface area contributed by atoms with Gasteiger partial charge >= 0.3 is 5.97 Å². The van der Waals surface area contributed by atoms with Crippen LogP contribution in [0.1, 0.15) is 19.4 Å². The van der Waals surface area contributed by atoms with Gasteiger partial charge in [0.2, 0.25) is 5.67 Å². The molecule has 0 heterocycles. The Hall–Kier alpha value is -1.38. The first-order chi connectivity index (χ1) is 7.03. The molecule has 1 unspecified atom stereocenters. The second-order valence-corrected chi connectivity index (χ2v) is 3.72. The fourth-order valence-corrected chi connectivity index (χ4v) is 1.52. The van der Waals surface area contributed by atoms with Gasteiger partial charge in [-0.3, -0.25) is 0 Å². The summed E-state index contributed by atoms with van der Waals surface area (Å²) >= 11 is 0. The quantitative estimate of drug-likeness (QED) is 0.717. The van der Waals surface area contributed by atoms with E-state index in [1.54, 1.807) is 44.2 Å². The summed E-state index contributed by atoms with van der Waals surface area (Å²) in [6.07, 6.45) is 0. The molecule has 0 spiro atoms. The molecule has 0 aliphatic heterocycles. The van der Waals surface area contributed by atoms with E-state index in [0.29, 0.717) is 5.56 Å². The second-order valence-electron chi connectivity index (χ2n) is 3.72. The van der Waals surface area contributed by atoms with Crippen LogP contribution in [-0.2, 0) is 15.2 Å². The van der Waals surface area contributed by atoms with Crippen LogP contribution in [0.5, 0.6) is 0 Å². The van der Waals surface area contributed by atoms with E-state index in [1.165, 1.54) is 7.11 Å². The number of halogens is 1. The molecule has 0 radical (unpaired) electrons. The Bertz CT molecular complexity index is 335. The van der Waals surface area contributed by atoms with E-state index < -0.39 is 17.6 Å². The number of benzene rings is 1. The number of esters is 1. The van der Waals surface area contributed by atoms with Crippen molar-refractivity contribution in [2.75, 3.05) is 7.11 Å². The van der Waals surface area contributed by atoms with Crippen LogP contribution in [0.4, 0.5) is 4.39 Å². The van der Waals surface area contributed by atoms with Gasteiger partial charge in [0.1, 0.15) is 0 Å². The standard InChI is InChI=1S/C12H15FO2/c1-9(2)12(13,11(14)15-3)10-7-5-4-6-8-10/h4-9H,1-3H3. The molecule has 1 aromatic rings. The third kappa shape index (κ3) is 2.01. The van der Waals surface area contributed by atoms with Crippen molar-refractivity contribution in [1.29, 1.82) is 0 Å². The fraction of sp³-hybridized carbons (Fsp3) is 0.417. The van der Waals surface area contributed by atoms with E-state index in [2.05, 4.69) is 4.74 Å². The molecule has 0 aliphatic rings. The molecular weight excluding hydrogens is 195 g/mol. The summed E-state index contributed by atoms with van der Waals surface area (Å²) in [5.41, 5.74) is -1.72. The molecule has 1 rings (SSSR count). The molecule has 0 N–H and O–H groups in total. The van der Waals surface area contributed by atoms with Crippen LogP contribution in [0, 0.1) is 5.92 Å². The molecule has 0 aliphatic carbocycles. The van der Waals surface area contributed by atoms with Crippen molar-refractivity contribution in [3.63, 3.8) is 0 Å². The molecule has 3 heteroatoms. The highest BCUT2D eigenvalue weighted by molar-refractivity contribution is 5.81. The number of hydrogen-bond donors (Lipinski definition) is 0. The van der Waals surface area contributed by atoms with Crippen molar-refractivity contribution in [3.05, 3.63) is 35.9 Å². The lowest BCUT2D eigenvalue weighted by Gasteiger charge is -2.26. The van der Waals surface area contributed by atoms with Crippen molar-refractivity contribution < 1.29 is 13.9 Å². The zero-order chi connectivity index (χ0) is 11.5. The Balaban J connectivity index is 3.19. The van der Waals surface area contributed by atoms with Crippen LogP contribution in [0.2, 0.25) is 0 Å². The van der Waals surface area contributed by atoms with Crippen molar-refractivity contribution in [1.82, 2.24) is 0 Å². The number of carbonyl (C=O) groups excluding carboxylic acids is 1. The molecule has 0 bridgehead atoms. The number of rotatable bonds is 3. The zero-order valence-electron chi connectivity index (χ0n) is 9.16. The Labute approximate surface area is 89.1 Å². The van der Waals surface area contributed by atoms with E-state index in [4.69, 9.17) is 0 Å². The van der Waals surface area contributed by atoms with Crippen LogP contribution in [0.25, 0.3) is 0 Å². The summed E-state index contributed by atoms with van der Waals surface area (Å²) in [7, 11) is 1.20. The van der Waals surface area contributed by atoms with Crippen LogP contribution in [0.15, 0.2) is 30.3 Å². The zero-order valence-corrected chi connectivity index (χ0v) is 9.16. The Morgan fingerprint density at radius 2 is 1.87 bits per heavy atom. The van der Waals surface area contributed by atoms with Gasteiger partial charge in [-0.2, -0.15) is 0 Å². The minimum absolute atomic E-state index is 0.340. The van der Waals surface area contributed by atoms with Gasteiger partial charge in [0, 0.05) is 11.5 Å². The predicted molar refractivity (Wildman–Crippen MR) is 56.1 cm³/mol. The summed E-state index contributed by atoms with van der Waals surface area (Å²) in [5, 5.41) is 0. The van der Waals surface area contributed by atoms with E-state index in [9.17, 15) is 9.18 Å². The monoisotopic (exact) mass is 210 g/mol. The van der Waals surface area contributed by atoms with Crippen LogP contribution in [0.3, 0.4) is 0 Å². The summed E-state index contributed by atoms with van der Waals surface area (Å²) in [5.74, 6) is -1.31. The number of hydrogen-bond acceptors (Lipinski definition) is 2. The topological polar surface area (TPSA) is 26.3 Å². The lowest BCUT2D eigenvalue weighted by molar-refractivity contribution is -0.159. The average molecular weight is 210 g/mol. The highest BCUT2D eigenvalue weighted by Gasteiger charge is 2.44. The largest absolute Gasteiger partial charge is 0.466 e. The minimum atomic E-state index is -2.06. The summed E-state index contributed by atoms with van der Waals surface area (Å²) in [6.45, 7) is 3.31. The van der Waals surface area contributed by atoms with Gasteiger partial charge in [-0.1, -0.05) is 44.2 Å². The Morgan fingerprint density at radius 3 is 2.27 bits per heavy atom. The van der Waals surface area contributed by atoms with E-state index >= 15 is 0 Å². The first kappa shape index (κ1) is 11.7. The van der Waals surface area contributed by atoms with Crippen LogP contribution >= 0.6 is 0 Å². The summed E-state index contributed by atoms with van der Waals surface area (Å²) < 4.78 is 19.1. The van der Waals surface area contributed by atoms with Gasteiger partial charge in [0.05, 0.1) is 7.11 Å². The maximum Gasteiger partial charge on any atom is 0.348 e. The van der Waals surface area contributed by atoms with Crippen molar-refractivity contribution in [2.24, 2.45) is 5.92 Å². The normalized spacial score (nSPS) is 14.7. The highest BCUT2D eigenvalue weighted by Crippen LogP contribution is 2.35. The van der Waals surface area contributed by atoms with Gasteiger partial charge < -0.3 is 4.74 Å². The lowest BCUT2D eigenvalue weighted by atomic mass is 9.85. The molecule has 82 valence electrons. The first-order valence-corrected chi connectivity index (χ1v) is 4.86. The van der Waals surface area contributed by atoms with Gasteiger partial charge in [0.25, 0.3) is 0 Å². The van der Waals surface area contributed by atoms with E-state index in [0.717, 1.165) is 0 Å². The maximum absolute atomic E-state index is 14.6. The molecule has 0 fully saturated rings. The third-order valence-electron chi connectivity index (χ3n) is 2.47. The van der Waals surface area contributed by atoms with E-state index in [-0.39, 0.29) is 0 Å². The van der Waals surface area contributed by atoms with Crippen molar-refractivity contribution in [2.45, 2.75) is 19.5 Å². The van der Waals surface area contributed by atoms with Crippen molar-refractivity contribution >= 4 is 5.97 Å². The first-order valence-electron chi connectivity index (χ1n) is 4.86. The Kier molecular flexibility index (Phi) is 3.45. The van der Waals surface area contributed by atoms with E-state index in [1.807, 2.05) is 0 Å². The third-order valence-corrected chi connectivity index (χ3v) is 2.47. The van der Waals surface area contributed by atoms with Crippen LogP contribution in [-0.4, -0.2) is 13.1 Å². The van der Waals surface area contributed by atoms with Gasteiger partial charge in [0.15, 0.2) is 0 Å². The summed E-state index contributed by atoms with van der Waals surface area (Å²) in [4.78, 5) is 11.5. The van der Waals surface area contributed by atoms with Crippen molar-refractivity contribution in [3.8, 4) is 0 Å². The number of ether oxygens (including phenoxy) is 1. The molecule has 0 saturated carbocycles. The second kappa shape index (κ2) is 4.43. The molecule has 0 amide bonds. The Morgan fingerprint density at radius 1 is 1.33 bits per heavy atom. The highest BCUT2D eigenvalue weighted by atomic mass is 19.1. The molecular formula is C12H15FO2. The lowest BCUT2D eigenvalue weighted by Crippen LogP contribution is -2.37. The molecule has 1 atom stereocenters. The molecule has 0 aromatic heterocycles. The number of alkyl halides is 1. The smallest absolute Gasteiger partial charge is 0.348 e. The molecule has 0 saturated heterocycles. The SMILES string of the molecule is COC(=O)C(F)(c1ccccc1)C(C)C. The minimum Gasteiger partial charge on any atom is -0.466 e. The molecule has 15 heavy (non-hydrogen) atoms. The number of carbonyl (C=O) groups is 1. The fourth-order valence-electron chi connectivity index (χ4n) is 1.52. The van der Waals surface area contributed by atoms with Gasteiger partial charge in [-0.15, -0.1) is 0 Å². The molecule has 2 nitrogen and oxygen atoms in total.